The lowest BCUT2D eigenvalue weighted by Crippen LogP contribution is -2.13. The maximum absolute atomic E-state index is 16.1. The van der Waals surface area contributed by atoms with Crippen LogP contribution in [0.1, 0.15) is 63.8 Å². The summed E-state index contributed by atoms with van der Waals surface area (Å²) >= 11 is 0. The molecule has 0 unspecified atom stereocenters. The van der Waals surface area contributed by atoms with Gasteiger partial charge in [0.1, 0.15) is 11.6 Å². The molecule has 0 saturated heterocycles. The van der Waals surface area contributed by atoms with Gasteiger partial charge in [-0.2, -0.15) is 0 Å². The van der Waals surface area contributed by atoms with E-state index in [2.05, 4.69) is 90.1 Å². The summed E-state index contributed by atoms with van der Waals surface area (Å²) in [5.74, 6) is -0.989. The van der Waals surface area contributed by atoms with Gasteiger partial charge < -0.3 is 9.80 Å². The smallest absolute Gasteiger partial charge is 0.133 e. The molecule has 0 aliphatic heterocycles. The third-order valence-corrected chi connectivity index (χ3v) is 9.28. The first-order valence-electron chi connectivity index (χ1n) is 17.2. The highest BCUT2D eigenvalue weighted by Crippen LogP contribution is 2.41. The van der Waals surface area contributed by atoms with Crippen molar-refractivity contribution < 1.29 is 8.78 Å². The van der Waals surface area contributed by atoms with Gasteiger partial charge >= 0.3 is 0 Å². The monoisotopic (exact) mass is 664 g/mol. The van der Waals surface area contributed by atoms with Gasteiger partial charge in [-0.3, -0.25) is 0 Å². The van der Waals surface area contributed by atoms with Crippen molar-refractivity contribution in [3.63, 3.8) is 0 Å². The van der Waals surface area contributed by atoms with Gasteiger partial charge in [-0.25, -0.2) is 8.78 Å². The average Bonchev–Trinajstić information content (AvgIpc) is 3.07. The molecule has 0 spiro atoms. The summed E-state index contributed by atoms with van der Waals surface area (Å²) in [6.07, 6.45) is 0. The van der Waals surface area contributed by atoms with Crippen LogP contribution in [-0.4, -0.2) is 0 Å². The Labute approximate surface area is 296 Å². The topological polar surface area (TPSA) is 6.48 Å². The van der Waals surface area contributed by atoms with Crippen molar-refractivity contribution in [1.82, 2.24) is 0 Å². The predicted molar refractivity (Wildman–Crippen MR) is 208 cm³/mol. The van der Waals surface area contributed by atoms with Crippen LogP contribution in [0.4, 0.5) is 42.9 Å². The lowest BCUT2D eigenvalue weighted by atomic mass is 9.87. The van der Waals surface area contributed by atoms with Crippen molar-refractivity contribution in [2.75, 3.05) is 9.80 Å². The summed E-state index contributed by atoms with van der Waals surface area (Å²) in [5.41, 5.74) is 10.1. The summed E-state index contributed by atoms with van der Waals surface area (Å²) in [6.45, 7) is 17.2. The predicted octanol–water partition coefficient (Wildman–Crippen LogP) is 13.8. The maximum Gasteiger partial charge on any atom is 0.133 e. The zero-order chi connectivity index (χ0) is 35.8. The maximum atomic E-state index is 16.1. The Hall–Kier alpha value is -5.22. The van der Waals surface area contributed by atoms with E-state index in [9.17, 15) is 0 Å². The molecule has 0 saturated carbocycles. The second-order valence-electron chi connectivity index (χ2n) is 15.3. The Morgan fingerprint density at radius 1 is 0.360 bits per heavy atom. The number of anilines is 6. The van der Waals surface area contributed by atoms with E-state index >= 15 is 8.78 Å². The lowest BCUT2D eigenvalue weighted by Gasteiger charge is -2.28. The summed E-state index contributed by atoms with van der Waals surface area (Å²) in [7, 11) is 0. The fourth-order valence-electron chi connectivity index (χ4n) is 6.23. The molecule has 2 nitrogen and oxygen atoms in total. The number of rotatable bonds is 7. The van der Waals surface area contributed by atoms with Gasteiger partial charge in [-0.15, -0.1) is 0 Å². The van der Waals surface area contributed by atoms with Gasteiger partial charge in [-0.1, -0.05) is 101 Å². The molecular formula is C46H46F2N2. The molecule has 50 heavy (non-hydrogen) atoms. The molecule has 0 amide bonds. The van der Waals surface area contributed by atoms with E-state index in [-0.39, 0.29) is 22.0 Å². The number of nitrogens with zero attached hydrogens (tertiary/aromatic N) is 2. The lowest BCUT2D eigenvalue weighted by molar-refractivity contribution is 0.590. The van der Waals surface area contributed by atoms with Crippen molar-refractivity contribution in [2.24, 2.45) is 0 Å². The average molecular weight is 665 g/mol. The normalized spacial score (nSPS) is 11.8. The fraction of sp³-hybridized carbons (Fsp3) is 0.217. The summed E-state index contributed by atoms with van der Waals surface area (Å²) < 4.78 is 32.3. The Morgan fingerprint density at radius 3 is 0.880 bits per heavy atom. The molecule has 254 valence electrons. The van der Waals surface area contributed by atoms with Crippen LogP contribution in [0.25, 0.3) is 11.1 Å². The van der Waals surface area contributed by atoms with Crippen molar-refractivity contribution in [3.05, 3.63) is 167 Å². The summed E-state index contributed by atoms with van der Waals surface area (Å²) in [4.78, 5) is 4.06. The highest BCUT2D eigenvalue weighted by Gasteiger charge is 2.21. The van der Waals surface area contributed by atoms with Gasteiger partial charge in [0.2, 0.25) is 0 Å². The number of halogens is 2. The molecule has 0 atom stereocenters. The number of hydrogen-bond donors (Lipinski definition) is 0. The first-order valence-corrected chi connectivity index (χ1v) is 17.2. The molecule has 6 aromatic carbocycles. The van der Waals surface area contributed by atoms with Crippen LogP contribution in [0.3, 0.4) is 0 Å². The fourth-order valence-corrected chi connectivity index (χ4v) is 6.23. The minimum Gasteiger partial charge on any atom is -0.310 e. The largest absolute Gasteiger partial charge is 0.310 e. The van der Waals surface area contributed by atoms with Crippen LogP contribution in [-0.2, 0) is 10.8 Å². The number of benzene rings is 6. The zero-order valence-corrected chi connectivity index (χ0v) is 30.4. The molecule has 0 radical (unpaired) electrons. The minimum atomic E-state index is -0.495. The molecule has 6 aromatic rings. The van der Waals surface area contributed by atoms with E-state index in [4.69, 9.17) is 0 Å². The molecular weight excluding hydrogens is 619 g/mol. The highest BCUT2D eigenvalue weighted by atomic mass is 19.1. The molecule has 0 aromatic heterocycles. The van der Waals surface area contributed by atoms with Gasteiger partial charge in [0.25, 0.3) is 0 Å². The van der Waals surface area contributed by atoms with Crippen LogP contribution in [0, 0.1) is 25.5 Å². The summed E-state index contributed by atoms with van der Waals surface area (Å²) in [6, 6.07) is 43.2. The van der Waals surface area contributed by atoms with Crippen molar-refractivity contribution in [2.45, 2.75) is 66.2 Å². The summed E-state index contributed by atoms with van der Waals surface area (Å²) in [5, 5.41) is 0. The van der Waals surface area contributed by atoms with Gasteiger partial charge in [-0.05, 0) is 121 Å². The molecule has 0 fully saturated rings. The van der Waals surface area contributed by atoms with Gasteiger partial charge in [0.05, 0.1) is 0 Å². The van der Waals surface area contributed by atoms with E-state index in [0.29, 0.717) is 11.4 Å². The Balaban J connectivity index is 1.38. The molecule has 0 aliphatic carbocycles. The zero-order valence-electron chi connectivity index (χ0n) is 30.4. The van der Waals surface area contributed by atoms with E-state index in [1.807, 2.05) is 84.3 Å². The van der Waals surface area contributed by atoms with Crippen LogP contribution in [0.5, 0.6) is 0 Å². The van der Waals surface area contributed by atoms with Crippen molar-refractivity contribution in [1.29, 1.82) is 0 Å². The standard InChI is InChI=1S/C46H46F2N2/c1-31-9-17-35(18-10-31)49(37-21-13-33(14-22-37)45(3,4)5)39-25-27-41(43(47)29-39)42-28-26-40(30-44(42)48)50(36-19-11-32(2)12-20-36)38-23-15-34(16-24-38)46(6,7)8/h9-30H,1-8H3. The Bertz CT molecular complexity index is 1930. The molecule has 0 aliphatic rings. The van der Waals surface area contributed by atoms with E-state index in [1.54, 1.807) is 12.1 Å². The van der Waals surface area contributed by atoms with Crippen LogP contribution >= 0.6 is 0 Å². The molecule has 6 rings (SSSR count). The molecule has 0 bridgehead atoms. The Kier molecular flexibility index (Phi) is 9.41. The van der Waals surface area contributed by atoms with Gasteiger partial charge in [0, 0.05) is 45.3 Å². The first kappa shape index (κ1) is 34.6. The minimum absolute atomic E-state index is 0.00858. The van der Waals surface area contributed by atoms with Crippen molar-refractivity contribution in [3.8, 4) is 11.1 Å². The molecule has 0 heterocycles. The Morgan fingerprint density at radius 2 is 0.620 bits per heavy atom. The third kappa shape index (κ3) is 7.35. The second-order valence-corrected chi connectivity index (χ2v) is 15.3. The third-order valence-electron chi connectivity index (χ3n) is 9.28. The SMILES string of the molecule is Cc1ccc(N(c2ccc(C(C)(C)C)cc2)c2ccc(-c3ccc(N(c4ccc(C)cc4)c4ccc(C(C)(C)C)cc4)cc3F)c(F)c2)cc1. The van der Waals surface area contributed by atoms with E-state index in [1.165, 1.54) is 23.3 Å². The van der Waals surface area contributed by atoms with E-state index in [0.717, 1.165) is 33.9 Å². The quantitative estimate of drug-likeness (QED) is 0.168. The number of aryl methyl sites for hydroxylation is 2. The molecule has 4 heteroatoms. The van der Waals surface area contributed by atoms with Crippen LogP contribution in [0.15, 0.2) is 133 Å². The number of hydrogen-bond acceptors (Lipinski definition) is 2. The van der Waals surface area contributed by atoms with Crippen LogP contribution in [0.2, 0.25) is 0 Å². The van der Waals surface area contributed by atoms with Gasteiger partial charge in [0.15, 0.2) is 0 Å². The van der Waals surface area contributed by atoms with Crippen LogP contribution < -0.4 is 9.80 Å². The van der Waals surface area contributed by atoms with Crippen molar-refractivity contribution >= 4 is 34.1 Å². The van der Waals surface area contributed by atoms with E-state index < -0.39 is 11.6 Å². The first-order chi connectivity index (χ1) is 23.7. The highest BCUT2D eigenvalue weighted by molar-refractivity contribution is 5.81. The molecule has 0 N–H and O–H groups in total. The second kappa shape index (κ2) is 13.6.